The first kappa shape index (κ1) is 15.4. The predicted octanol–water partition coefficient (Wildman–Crippen LogP) is 0.937. The number of rotatable bonds is 5. The summed E-state index contributed by atoms with van der Waals surface area (Å²) in [7, 11) is 0. The minimum absolute atomic E-state index is 0.0830. The number of aromatic nitrogens is 2. The lowest BCUT2D eigenvalue weighted by Crippen LogP contribution is -2.43. The summed E-state index contributed by atoms with van der Waals surface area (Å²) in [6.07, 6.45) is 0.667. The van der Waals surface area contributed by atoms with Gasteiger partial charge in [0.2, 0.25) is 5.89 Å². The number of aliphatic hydroxyl groups excluding tert-OH is 1. The molecule has 1 atom stereocenters. The Morgan fingerprint density at radius 3 is 2.63 bits per heavy atom. The van der Waals surface area contributed by atoms with Crippen molar-refractivity contribution in [3.8, 4) is 0 Å². The van der Waals surface area contributed by atoms with Gasteiger partial charge < -0.3 is 20.3 Å². The van der Waals surface area contributed by atoms with E-state index < -0.39 is 0 Å². The van der Waals surface area contributed by atoms with Gasteiger partial charge in [-0.05, 0) is 6.42 Å². The van der Waals surface area contributed by atoms with Crippen LogP contribution < -0.4 is 10.6 Å². The van der Waals surface area contributed by atoms with Crippen LogP contribution in [-0.2, 0) is 12.0 Å². The van der Waals surface area contributed by atoms with Crippen LogP contribution in [0.15, 0.2) is 4.52 Å². The second kappa shape index (κ2) is 6.51. The van der Waals surface area contributed by atoms with Crippen LogP contribution in [0.3, 0.4) is 0 Å². The number of amides is 2. The summed E-state index contributed by atoms with van der Waals surface area (Å²) in [5.74, 6) is 0.962. The normalized spacial score (nSPS) is 13.1. The maximum atomic E-state index is 11.5. The molecule has 1 aromatic rings. The maximum absolute atomic E-state index is 11.5. The molecule has 3 N–H and O–H groups in total. The summed E-state index contributed by atoms with van der Waals surface area (Å²) in [4.78, 5) is 15.7. The standard InChI is InChI=1S/C12H22N4O3/c1-5-8(7-17)14-11(18)13-6-9-15-10(19-16-9)12(2,3)4/h8,17H,5-7H2,1-4H3,(H2,13,14,18). The lowest BCUT2D eigenvalue weighted by molar-refractivity contribution is 0.214. The molecule has 108 valence electrons. The number of aliphatic hydroxyl groups is 1. The molecule has 0 aromatic carbocycles. The molecule has 7 nitrogen and oxygen atoms in total. The predicted molar refractivity (Wildman–Crippen MR) is 69.5 cm³/mol. The van der Waals surface area contributed by atoms with E-state index in [4.69, 9.17) is 9.63 Å². The summed E-state index contributed by atoms with van der Waals surface area (Å²) >= 11 is 0. The van der Waals surface area contributed by atoms with Gasteiger partial charge in [-0.2, -0.15) is 4.98 Å². The van der Waals surface area contributed by atoms with Crippen molar-refractivity contribution in [2.24, 2.45) is 0 Å². The van der Waals surface area contributed by atoms with Gasteiger partial charge >= 0.3 is 6.03 Å². The SMILES string of the molecule is CCC(CO)NC(=O)NCc1noc(C(C)(C)C)n1. The molecule has 0 spiro atoms. The zero-order valence-corrected chi connectivity index (χ0v) is 11.9. The molecule has 0 fully saturated rings. The summed E-state index contributed by atoms with van der Waals surface area (Å²) in [6, 6.07) is -0.599. The molecule has 0 bridgehead atoms. The van der Waals surface area contributed by atoms with Crippen molar-refractivity contribution < 1.29 is 14.4 Å². The second-order valence-corrected chi connectivity index (χ2v) is 5.38. The van der Waals surface area contributed by atoms with Crippen LogP contribution in [0.1, 0.15) is 45.8 Å². The van der Waals surface area contributed by atoms with Crippen LogP contribution in [0.2, 0.25) is 0 Å². The fraction of sp³-hybridized carbons (Fsp3) is 0.750. The minimum Gasteiger partial charge on any atom is -0.394 e. The van der Waals surface area contributed by atoms with Gasteiger partial charge in [-0.3, -0.25) is 0 Å². The van der Waals surface area contributed by atoms with Crippen molar-refractivity contribution in [3.63, 3.8) is 0 Å². The lowest BCUT2D eigenvalue weighted by atomic mass is 9.97. The van der Waals surface area contributed by atoms with E-state index in [1.54, 1.807) is 0 Å². The Kier molecular flexibility index (Phi) is 5.29. The highest BCUT2D eigenvalue weighted by Crippen LogP contribution is 2.19. The highest BCUT2D eigenvalue weighted by molar-refractivity contribution is 5.74. The Hall–Kier alpha value is -1.63. The summed E-state index contributed by atoms with van der Waals surface area (Å²) < 4.78 is 5.11. The van der Waals surface area contributed by atoms with E-state index in [9.17, 15) is 4.79 Å². The average molecular weight is 270 g/mol. The van der Waals surface area contributed by atoms with Gasteiger partial charge in [0.25, 0.3) is 0 Å². The fourth-order valence-electron chi connectivity index (χ4n) is 1.30. The van der Waals surface area contributed by atoms with E-state index in [0.29, 0.717) is 18.1 Å². The molecule has 0 aliphatic rings. The first-order chi connectivity index (χ1) is 8.86. The third-order valence-corrected chi connectivity index (χ3v) is 2.57. The van der Waals surface area contributed by atoms with Crippen molar-refractivity contribution in [1.82, 2.24) is 20.8 Å². The zero-order valence-electron chi connectivity index (χ0n) is 11.9. The smallest absolute Gasteiger partial charge is 0.315 e. The molecular formula is C12H22N4O3. The van der Waals surface area contributed by atoms with Crippen LogP contribution in [-0.4, -0.2) is 33.9 Å². The quantitative estimate of drug-likeness (QED) is 0.739. The van der Waals surface area contributed by atoms with Crippen molar-refractivity contribution in [2.75, 3.05) is 6.61 Å². The molecule has 7 heteroatoms. The molecule has 19 heavy (non-hydrogen) atoms. The van der Waals surface area contributed by atoms with Crippen molar-refractivity contribution >= 4 is 6.03 Å². The van der Waals surface area contributed by atoms with Crippen LogP contribution in [0.25, 0.3) is 0 Å². The first-order valence-corrected chi connectivity index (χ1v) is 6.35. The monoisotopic (exact) mass is 270 g/mol. The average Bonchev–Trinajstić information content (AvgIpc) is 2.82. The molecular weight excluding hydrogens is 248 g/mol. The summed E-state index contributed by atoms with van der Waals surface area (Å²) in [6.45, 7) is 7.90. The van der Waals surface area contributed by atoms with Crippen LogP contribution in [0, 0.1) is 0 Å². The van der Waals surface area contributed by atoms with Crippen molar-refractivity contribution in [1.29, 1.82) is 0 Å². The molecule has 0 aliphatic heterocycles. The van der Waals surface area contributed by atoms with Gasteiger partial charge in [0.05, 0.1) is 19.2 Å². The van der Waals surface area contributed by atoms with Crippen LogP contribution >= 0.6 is 0 Å². The Balaban J connectivity index is 2.44. The molecule has 1 unspecified atom stereocenters. The number of urea groups is 1. The van der Waals surface area contributed by atoms with E-state index >= 15 is 0 Å². The number of nitrogens with one attached hydrogen (secondary N) is 2. The third kappa shape index (κ3) is 4.86. The fourth-order valence-corrected chi connectivity index (χ4v) is 1.30. The van der Waals surface area contributed by atoms with Gasteiger partial charge in [-0.15, -0.1) is 0 Å². The molecule has 0 aliphatic carbocycles. The van der Waals surface area contributed by atoms with Crippen LogP contribution in [0.4, 0.5) is 4.79 Å². The number of carbonyl (C=O) groups excluding carboxylic acids is 1. The van der Waals surface area contributed by atoms with E-state index in [1.165, 1.54) is 0 Å². The summed E-state index contributed by atoms with van der Waals surface area (Å²) in [5, 5.41) is 18.0. The molecule has 0 radical (unpaired) electrons. The Morgan fingerprint density at radius 2 is 2.16 bits per heavy atom. The number of carbonyl (C=O) groups is 1. The van der Waals surface area contributed by atoms with E-state index in [-0.39, 0.29) is 30.6 Å². The van der Waals surface area contributed by atoms with Gasteiger partial charge in [-0.25, -0.2) is 4.79 Å². The minimum atomic E-state index is -0.358. The third-order valence-electron chi connectivity index (χ3n) is 2.57. The Bertz CT molecular complexity index is 407. The number of hydrogen-bond acceptors (Lipinski definition) is 5. The second-order valence-electron chi connectivity index (χ2n) is 5.38. The molecule has 1 rings (SSSR count). The molecule has 1 aromatic heterocycles. The number of hydrogen-bond donors (Lipinski definition) is 3. The highest BCUT2D eigenvalue weighted by atomic mass is 16.5. The zero-order chi connectivity index (χ0) is 14.5. The van der Waals surface area contributed by atoms with Gasteiger partial charge in [-0.1, -0.05) is 32.9 Å². The van der Waals surface area contributed by atoms with Crippen LogP contribution in [0.5, 0.6) is 0 Å². The Morgan fingerprint density at radius 1 is 1.47 bits per heavy atom. The lowest BCUT2D eigenvalue weighted by Gasteiger charge is -2.13. The van der Waals surface area contributed by atoms with E-state index in [2.05, 4.69) is 20.8 Å². The van der Waals surface area contributed by atoms with E-state index in [0.717, 1.165) is 0 Å². The Labute approximate surface area is 112 Å². The molecule has 0 saturated carbocycles. The summed E-state index contributed by atoms with van der Waals surface area (Å²) in [5.41, 5.74) is -0.211. The maximum Gasteiger partial charge on any atom is 0.315 e. The van der Waals surface area contributed by atoms with Gasteiger partial charge in [0, 0.05) is 5.41 Å². The first-order valence-electron chi connectivity index (χ1n) is 6.35. The van der Waals surface area contributed by atoms with Crippen molar-refractivity contribution in [2.45, 2.75) is 52.1 Å². The molecule has 0 saturated heterocycles. The molecule has 2 amide bonds. The van der Waals surface area contributed by atoms with Gasteiger partial charge in [0.1, 0.15) is 0 Å². The number of nitrogens with zero attached hydrogens (tertiary/aromatic N) is 2. The van der Waals surface area contributed by atoms with Gasteiger partial charge in [0.15, 0.2) is 5.82 Å². The molecule has 1 heterocycles. The largest absolute Gasteiger partial charge is 0.394 e. The van der Waals surface area contributed by atoms with E-state index in [1.807, 2.05) is 27.7 Å². The highest BCUT2D eigenvalue weighted by Gasteiger charge is 2.21. The topological polar surface area (TPSA) is 100 Å². The van der Waals surface area contributed by atoms with Crippen molar-refractivity contribution in [3.05, 3.63) is 11.7 Å².